The maximum Gasteiger partial charge on any atom is 0.165 e. The van der Waals surface area contributed by atoms with Crippen LogP contribution in [0.25, 0.3) is 0 Å². The van der Waals surface area contributed by atoms with Gasteiger partial charge in [0.1, 0.15) is 13.2 Å². The minimum Gasteiger partial charge on any atom is -0.486 e. The zero-order valence-corrected chi connectivity index (χ0v) is 11.0. The SMILES string of the molecule is Cc1c(Br)c(C(C)CO)cc2c1OCCO2. The van der Waals surface area contributed by atoms with Crippen LogP contribution in [0.5, 0.6) is 11.5 Å². The summed E-state index contributed by atoms with van der Waals surface area (Å²) in [6, 6.07) is 1.95. The highest BCUT2D eigenvalue weighted by atomic mass is 79.9. The number of aliphatic hydroxyl groups excluding tert-OH is 1. The third-order valence-corrected chi connectivity index (χ3v) is 3.88. The molecule has 0 aromatic heterocycles. The van der Waals surface area contributed by atoms with Gasteiger partial charge in [0.15, 0.2) is 11.5 Å². The molecular formula is C12H15BrO3. The Morgan fingerprint density at radius 1 is 1.44 bits per heavy atom. The van der Waals surface area contributed by atoms with E-state index >= 15 is 0 Å². The van der Waals surface area contributed by atoms with Crippen molar-refractivity contribution >= 4 is 15.9 Å². The molecule has 16 heavy (non-hydrogen) atoms. The lowest BCUT2D eigenvalue weighted by molar-refractivity contribution is 0.170. The van der Waals surface area contributed by atoms with E-state index in [2.05, 4.69) is 15.9 Å². The highest BCUT2D eigenvalue weighted by molar-refractivity contribution is 9.10. The van der Waals surface area contributed by atoms with Gasteiger partial charge in [0.25, 0.3) is 0 Å². The van der Waals surface area contributed by atoms with Crippen molar-refractivity contribution in [2.75, 3.05) is 19.8 Å². The molecule has 0 fully saturated rings. The topological polar surface area (TPSA) is 38.7 Å². The average Bonchev–Trinajstić information content (AvgIpc) is 2.33. The fraction of sp³-hybridized carbons (Fsp3) is 0.500. The number of fused-ring (bicyclic) bond motifs is 1. The predicted molar refractivity (Wildman–Crippen MR) is 65.4 cm³/mol. The summed E-state index contributed by atoms with van der Waals surface area (Å²) in [6.07, 6.45) is 0. The molecule has 1 N–H and O–H groups in total. The molecule has 1 aromatic carbocycles. The Bertz CT molecular complexity index is 404. The molecule has 3 nitrogen and oxygen atoms in total. The summed E-state index contributed by atoms with van der Waals surface area (Å²) in [5, 5.41) is 9.21. The quantitative estimate of drug-likeness (QED) is 0.908. The van der Waals surface area contributed by atoms with Crippen LogP contribution in [0.1, 0.15) is 24.0 Å². The van der Waals surface area contributed by atoms with Crippen LogP contribution in [0.4, 0.5) is 0 Å². The second kappa shape index (κ2) is 4.63. The summed E-state index contributed by atoms with van der Waals surface area (Å²) in [5.74, 6) is 1.68. The number of ether oxygens (including phenoxy) is 2. The van der Waals surface area contributed by atoms with Gasteiger partial charge >= 0.3 is 0 Å². The summed E-state index contributed by atoms with van der Waals surface area (Å²) < 4.78 is 12.2. The van der Waals surface area contributed by atoms with Crippen molar-refractivity contribution < 1.29 is 14.6 Å². The molecule has 0 radical (unpaired) electrons. The van der Waals surface area contributed by atoms with E-state index in [0.717, 1.165) is 27.1 Å². The Morgan fingerprint density at radius 2 is 2.12 bits per heavy atom. The van der Waals surface area contributed by atoms with Gasteiger partial charge in [-0.25, -0.2) is 0 Å². The maximum atomic E-state index is 9.21. The highest BCUT2D eigenvalue weighted by Crippen LogP contribution is 2.42. The van der Waals surface area contributed by atoms with E-state index in [0.29, 0.717) is 13.2 Å². The van der Waals surface area contributed by atoms with Crippen molar-refractivity contribution in [3.8, 4) is 11.5 Å². The van der Waals surface area contributed by atoms with Crippen LogP contribution in [-0.4, -0.2) is 24.9 Å². The minimum absolute atomic E-state index is 0.0869. The molecule has 1 aliphatic heterocycles. The second-order valence-corrected chi connectivity index (χ2v) is 4.81. The summed E-state index contributed by atoms with van der Waals surface area (Å²) in [7, 11) is 0. The fourth-order valence-electron chi connectivity index (χ4n) is 1.81. The van der Waals surface area contributed by atoms with E-state index in [-0.39, 0.29) is 12.5 Å². The third-order valence-electron chi connectivity index (χ3n) is 2.83. The second-order valence-electron chi connectivity index (χ2n) is 4.01. The largest absolute Gasteiger partial charge is 0.486 e. The van der Waals surface area contributed by atoms with E-state index in [1.165, 1.54) is 0 Å². The first-order valence-corrected chi connectivity index (χ1v) is 6.14. The normalized spacial score (nSPS) is 16.0. The monoisotopic (exact) mass is 286 g/mol. The Labute approximate surface area is 104 Å². The van der Waals surface area contributed by atoms with Crippen LogP contribution in [0, 0.1) is 6.92 Å². The first kappa shape index (κ1) is 11.7. The maximum absolute atomic E-state index is 9.21. The molecule has 1 heterocycles. The Balaban J connectivity index is 2.52. The highest BCUT2D eigenvalue weighted by Gasteiger charge is 2.21. The Morgan fingerprint density at radius 3 is 2.81 bits per heavy atom. The van der Waals surface area contributed by atoms with Crippen molar-refractivity contribution in [2.45, 2.75) is 19.8 Å². The first-order valence-electron chi connectivity index (χ1n) is 5.34. The number of rotatable bonds is 2. The van der Waals surface area contributed by atoms with Gasteiger partial charge in [-0.1, -0.05) is 22.9 Å². The molecule has 0 saturated heterocycles. The molecule has 1 atom stereocenters. The minimum atomic E-state index is 0.0869. The molecule has 1 aromatic rings. The zero-order valence-electron chi connectivity index (χ0n) is 9.42. The van der Waals surface area contributed by atoms with Gasteiger partial charge in [-0.3, -0.25) is 0 Å². The lowest BCUT2D eigenvalue weighted by atomic mass is 9.99. The molecule has 88 valence electrons. The summed E-state index contributed by atoms with van der Waals surface area (Å²) in [6.45, 7) is 5.27. The number of aliphatic hydroxyl groups is 1. The van der Waals surface area contributed by atoms with Crippen molar-refractivity contribution in [3.63, 3.8) is 0 Å². The van der Waals surface area contributed by atoms with Crippen molar-refractivity contribution in [2.24, 2.45) is 0 Å². The van der Waals surface area contributed by atoms with E-state index in [1.54, 1.807) is 0 Å². The van der Waals surface area contributed by atoms with Crippen molar-refractivity contribution in [3.05, 3.63) is 21.7 Å². The molecule has 0 aliphatic carbocycles. The average molecular weight is 287 g/mol. The van der Waals surface area contributed by atoms with Gasteiger partial charge in [0, 0.05) is 22.6 Å². The first-order chi connectivity index (χ1) is 7.65. The number of hydrogen-bond donors (Lipinski definition) is 1. The van der Waals surface area contributed by atoms with Crippen LogP contribution < -0.4 is 9.47 Å². The van der Waals surface area contributed by atoms with Gasteiger partial charge in [0.05, 0.1) is 0 Å². The fourth-order valence-corrected chi connectivity index (χ4v) is 2.50. The molecule has 0 spiro atoms. The van der Waals surface area contributed by atoms with Gasteiger partial charge in [0.2, 0.25) is 0 Å². The Hall–Kier alpha value is -0.740. The molecule has 4 heteroatoms. The molecular weight excluding hydrogens is 272 g/mol. The molecule has 1 aliphatic rings. The molecule has 2 rings (SSSR count). The van der Waals surface area contributed by atoms with E-state index in [4.69, 9.17) is 9.47 Å². The lowest BCUT2D eigenvalue weighted by Gasteiger charge is -2.23. The number of benzene rings is 1. The lowest BCUT2D eigenvalue weighted by Crippen LogP contribution is -2.17. The summed E-state index contributed by atoms with van der Waals surface area (Å²) in [5.41, 5.74) is 2.09. The van der Waals surface area contributed by atoms with Crippen LogP contribution in [0.15, 0.2) is 10.5 Å². The van der Waals surface area contributed by atoms with Crippen LogP contribution >= 0.6 is 15.9 Å². The van der Waals surface area contributed by atoms with Gasteiger partial charge in [-0.15, -0.1) is 0 Å². The zero-order chi connectivity index (χ0) is 11.7. The van der Waals surface area contributed by atoms with Gasteiger partial charge in [-0.05, 0) is 18.6 Å². The van der Waals surface area contributed by atoms with Gasteiger partial charge in [-0.2, -0.15) is 0 Å². The van der Waals surface area contributed by atoms with Crippen LogP contribution in [0.3, 0.4) is 0 Å². The predicted octanol–water partition coefficient (Wildman–Crippen LogP) is 2.62. The van der Waals surface area contributed by atoms with Gasteiger partial charge < -0.3 is 14.6 Å². The standard InChI is InChI=1S/C12H15BrO3/c1-7(6-14)9-5-10-12(8(2)11(9)13)16-4-3-15-10/h5,7,14H,3-4,6H2,1-2H3. The molecule has 1 unspecified atom stereocenters. The molecule has 0 saturated carbocycles. The molecule has 0 amide bonds. The van der Waals surface area contributed by atoms with Crippen LogP contribution in [0.2, 0.25) is 0 Å². The third kappa shape index (κ3) is 1.92. The molecule has 0 bridgehead atoms. The smallest absolute Gasteiger partial charge is 0.165 e. The number of halogens is 1. The van der Waals surface area contributed by atoms with E-state index in [9.17, 15) is 5.11 Å². The van der Waals surface area contributed by atoms with Crippen molar-refractivity contribution in [1.82, 2.24) is 0 Å². The van der Waals surface area contributed by atoms with E-state index in [1.807, 2.05) is 19.9 Å². The van der Waals surface area contributed by atoms with E-state index < -0.39 is 0 Å². The summed E-state index contributed by atoms with van der Waals surface area (Å²) >= 11 is 3.55. The van der Waals surface area contributed by atoms with Crippen molar-refractivity contribution in [1.29, 1.82) is 0 Å². The summed E-state index contributed by atoms with van der Waals surface area (Å²) in [4.78, 5) is 0. The van der Waals surface area contributed by atoms with Crippen LogP contribution in [-0.2, 0) is 0 Å². The number of hydrogen-bond acceptors (Lipinski definition) is 3. The Kier molecular flexibility index (Phi) is 3.40.